The molecule has 0 radical (unpaired) electrons. The van der Waals surface area contributed by atoms with Crippen LogP contribution < -0.4 is 0 Å². The molecule has 0 unspecified atom stereocenters. The van der Waals surface area contributed by atoms with Gasteiger partial charge in [0.25, 0.3) is 10.0 Å². The molecule has 0 aliphatic heterocycles. The van der Waals surface area contributed by atoms with Gasteiger partial charge in [-0.25, -0.2) is 17.4 Å². The smallest absolute Gasteiger partial charge is 0.303 e. The number of hydrogen-bond donors (Lipinski definition) is 1. The molecule has 0 saturated heterocycles. The molecule has 1 N–H and O–H groups in total. The number of rotatable bonds is 6. The molecule has 0 bridgehead atoms. The van der Waals surface area contributed by atoms with E-state index in [1.54, 1.807) is 12.1 Å². The Morgan fingerprint density at radius 3 is 2.37 bits per heavy atom. The summed E-state index contributed by atoms with van der Waals surface area (Å²) in [5, 5.41) is 9.45. The lowest BCUT2D eigenvalue weighted by Crippen LogP contribution is -2.16. The van der Waals surface area contributed by atoms with Crippen LogP contribution in [0.2, 0.25) is 15.2 Å². The predicted molar refractivity (Wildman–Crippen MR) is 104 cm³/mol. The van der Waals surface area contributed by atoms with Gasteiger partial charge in [-0.15, -0.1) is 0 Å². The summed E-state index contributed by atoms with van der Waals surface area (Å²) >= 11 is 17.8. The van der Waals surface area contributed by atoms with Crippen molar-refractivity contribution in [3.63, 3.8) is 0 Å². The fourth-order valence-corrected chi connectivity index (χ4v) is 5.19. The molecule has 1 aromatic carbocycles. The minimum atomic E-state index is -4.04. The fourth-order valence-electron chi connectivity index (χ4n) is 2.75. The van der Waals surface area contributed by atoms with Gasteiger partial charge in [-0.2, -0.15) is 0 Å². The third-order valence-corrected chi connectivity index (χ3v) is 6.24. The molecule has 2 aromatic heterocycles. The molecule has 0 spiro atoms. The van der Waals surface area contributed by atoms with Gasteiger partial charge >= 0.3 is 5.97 Å². The van der Waals surface area contributed by atoms with E-state index in [-0.39, 0.29) is 39.4 Å². The van der Waals surface area contributed by atoms with Crippen molar-refractivity contribution in [3.05, 3.63) is 57.3 Å². The molecular weight excluding hydrogens is 435 g/mol. The largest absolute Gasteiger partial charge is 0.481 e. The molecule has 3 aromatic rings. The number of halogens is 3. The molecule has 0 saturated carbocycles. The van der Waals surface area contributed by atoms with Crippen molar-refractivity contribution >= 4 is 61.8 Å². The Hall–Kier alpha value is -1.80. The van der Waals surface area contributed by atoms with Crippen molar-refractivity contribution in [1.82, 2.24) is 8.96 Å². The van der Waals surface area contributed by atoms with Crippen molar-refractivity contribution in [2.75, 3.05) is 0 Å². The van der Waals surface area contributed by atoms with E-state index >= 15 is 0 Å². The number of hydrogen-bond acceptors (Lipinski definition) is 4. The lowest BCUT2D eigenvalue weighted by Gasteiger charge is -2.12. The second-order valence-electron chi connectivity index (χ2n) is 5.80. The minimum absolute atomic E-state index is 0.0769. The number of fused-ring (bicyclic) bond motifs is 1. The van der Waals surface area contributed by atoms with Crippen LogP contribution in [0.3, 0.4) is 0 Å². The third kappa shape index (κ3) is 4.21. The molecule has 0 aliphatic rings. The fraction of sp³-hybridized carbons (Fsp3) is 0.176. The maximum Gasteiger partial charge on any atom is 0.303 e. The van der Waals surface area contributed by atoms with Crippen molar-refractivity contribution < 1.29 is 18.3 Å². The topological polar surface area (TPSA) is 89.3 Å². The van der Waals surface area contributed by atoms with Crippen LogP contribution in [0, 0.1) is 0 Å². The van der Waals surface area contributed by atoms with E-state index in [0.717, 1.165) is 3.97 Å². The van der Waals surface area contributed by atoms with E-state index in [4.69, 9.17) is 39.9 Å². The maximum atomic E-state index is 13.3. The highest BCUT2D eigenvalue weighted by Crippen LogP contribution is 2.29. The monoisotopic (exact) mass is 446 g/mol. The van der Waals surface area contributed by atoms with E-state index in [1.165, 1.54) is 24.3 Å². The Kier molecular flexibility index (Phi) is 5.67. The second kappa shape index (κ2) is 7.67. The molecule has 0 fully saturated rings. The van der Waals surface area contributed by atoms with Gasteiger partial charge in [0.05, 0.1) is 15.9 Å². The van der Waals surface area contributed by atoms with Gasteiger partial charge in [0, 0.05) is 22.2 Å². The molecule has 2 heterocycles. The zero-order valence-electron chi connectivity index (χ0n) is 13.7. The van der Waals surface area contributed by atoms with Gasteiger partial charge in [-0.05, 0) is 49.2 Å². The summed E-state index contributed by atoms with van der Waals surface area (Å²) in [7, 11) is -4.04. The van der Waals surface area contributed by atoms with Crippen molar-refractivity contribution in [2.24, 2.45) is 0 Å². The Balaban J connectivity index is 2.19. The summed E-state index contributed by atoms with van der Waals surface area (Å²) in [5.41, 5.74) is 1.13. The summed E-state index contributed by atoms with van der Waals surface area (Å²) < 4.78 is 27.7. The standard InChI is InChI=1S/C17H13Cl3N2O4S/c18-10-6-11(19)8-13(7-10)27(25,26)22-12(2-1-3-17(23)24)9-14-15(22)4-5-16(20)21-14/h4-9H,1-3H2,(H,23,24). The molecule has 142 valence electrons. The van der Waals surface area contributed by atoms with E-state index in [9.17, 15) is 13.2 Å². The lowest BCUT2D eigenvalue weighted by molar-refractivity contribution is -0.137. The molecule has 0 amide bonds. The molecule has 10 heteroatoms. The number of pyridine rings is 1. The number of benzene rings is 1. The first-order valence-electron chi connectivity index (χ1n) is 7.79. The number of nitrogens with zero attached hydrogens (tertiary/aromatic N) is 2. The normalized spacial score (nSPS) is 11.8. The zero-order valence-corrected chi connectivity index (χ0v) is 16.8. The van der Waals surface area contributed by atoms with E-state index < -0.39 is 16.0 Å². The number of carboxylic acid groups (broad SMARTS) is 1. The Morgan fingerprint density at radius 1 is 1.07 bits per heavy atom. The van der Waals surface area contributed by atoms with Crippen molar-refractivity contribution in [3.8, 4) is 0 Å². The Bertz CT molecular complexity index is 1120. The van der Waals surface area contributed by atoms with Gasteiger partial charge in [0.1, 0.15) is 5.15 Å². The maximum absolute atomic E-state index is 13.3. The molecular formula is C17H13Cl3N2O4S. The summed E-state index contributed by atoms with van der Waals surface area (Å²) in [6.07, 6.45) is 0.414. The number of aromatic nitrogens is 2. The SMILES string of the molecule is O=C(O)CCCc1cc2nc(Cl)ccc2n1S(=O)(=O)c1cc(Cl)cc(Cl)c1. The van der Waals surface area contributed by atoms with Gasteiger partial charge in [0.2, 0.25) is 0 Å². The zero-order chi connectivity index (χ0) is 19.8. The van der Waals surface area contributed by atoms with Crippen LogP contribution in [0.5, 0.6) is 0 Å². The number of carboxylic acids is 1. The van der Waals surface area contributed by atoms with Crippen LogP contribution in [-0.2, 0) is 21.2 Å². The van der Waals surface area contributed by atoms with Gasteiger partial charge < -0.3 is 5.11 Å². The third-order valence-electron chi connectivity index (χ3n) is 3.85. The van der Waals surface area contributed by atoms with Gasteiger partial charge in [0.15, 0.2) is 0 Å². The lowest BCUT2D eigenvalue weighted by atomic mass is 10.2. The van der Waals surface area contributed by atoms with Crippen LogP contribution in [0.4, 0.5) is 0 Å². The van der Waals surface area contributed by atoms with E-state index in [2.05, 4.69) is 4.98 Å². The number of aryl methyl sites for hydroxylation is 1. The van der Waals surface area contributed by atoms with E-state index in [0.29, 0.717) is 16.7 Å². The van der Waals surface area contributed by atoms with Gasteiger partial charge in [-0.3, -0.25) is 4.79 Å². The highest BCUT2D eigenvalue weighted by molar-refractivity contribution is 7.90. The second-order valence-corrected chi connectivity index (χ2v) is 8.84. The summed E-state index contributed by atoms with van der Waals surface area (Å²) in [6, 6.07) is 8.67. The van der Waals surface area contributed by atoms with Gasteiger partial charge in [-0.1, -0.05) is 34.8 Å². The molecule has 0 aliphatic carbocycles. The van der Waals surface area contributed by atoms with E-state index in [1.807, 2.05) is 0 Å². The predicted octanol–water partition coefficient (Wildman–Crippen LogP) is 4.64. The summed E-state index contributed by atoms with van der Waals surface area (Å²) in [6.45, 7) is 0. The minimum Gasteiger partial charge on any atom is -0.481 e. The Labute approximate surface area is 170 Å². The number of aliphatic carboxylic acids is 1. The van der Waals surface area contributed by atoms with Crippen LogP contribution in [-0.4, -0.2) is 28.5 Å². The molecule has 0 atom stereocenters. The molecule has 3 rings (SSSR count). The highest BCUT2D eigenvalue weighted by atomic mass is 35.5. The van der Waals surface area contributed by atoms with Crippen LogP contribution >= 0.6 is 34.8 Å². The summed E-state index contributed by atoms with van der Waals surface area (Å²) in [4.78, 5) is 14.9. The van der Waals surface area contributed by atoms with Crippen LogP contribution in [0.15, 0.2) is 41.3 Å². The first-order valence-corrected chi connectivity index (χ1v) is 10.4. The number of carbonyl (C=O) groups is 1. The molecule has 6 nitrogen and oxygen atoms in total. The quantitative estimate of drug-likeness (QED) is 0.556. The summed E-state index contributed by atoms with van der Waals surface area (Å²) in [5.74, 6) is -0.955. The first-order chi connectivity index (χ1) is 12.7. The van der Waals surface area contributed by atoms with Crippen LogP contribution in [0.25, 0.3) is 11.0 Å². The Morgan fingerprint density at radius 2 is 1.74 bits per heavy atom. The van der Waals surface area contributed by atoms with Crippen molar-refractivity contribution in [1.29, 1.82) is 0 Å². The van der Waals surface area contributed by atoms with Crippen LogP contribution in [0.1, 0.15) is 18.5 Å². The van der Waals surface area contributed by atoms with Crippen molar-refractivity contribution in [2.45, 2.75) is 24.2 Å². The molecule has 27 heavy (non-hydrogen) atoms. The highest BCUT2D eigenvalue weighted by Gasteiger charge is 2.24. The first kappa shape index (κ1) is 19.9. The average Bonchev–Trinajstić information content (AvgIpc) is 2.91. The average molecular weight is 448 g/mol.